The largest absolute Gasteiger partial charge is 0.491 e. The lowest BCUT2D eigenvalue weighted by atomic mass is 9.97. The van der Waals surface area contributed by atoms with Crippen LogP contribution in [-0.2, 0) is 0 Å². The Morgan fingerprint density at radius 1 is 1.17 bits per heavy atom. The fourth-order valence-electron chi connectivity index (χ4n) is 3.88. The maximum atomic E-state index is 13.4. The van der Waals surface area contributed by atoms with E-state index in [1.807, 2.05) is 24.3 Å². The Labute approximate surface area is 176 Å². The van der Waals surface area contributed by atoms with Crippen molar-refractivity contribution in [2.24, 2.45) is 0 Å². The van der Waals surface area contributed by atoms with Crippen LogP contribution < -0.4 is 10.1 Å². The van der Waals surface area contributed by atoms with Crippen molar-refractivity contribution in [1.29, 1.82) is 0 Å². The molecule has 2 aromatic carbocycles. The Morgan fingerprint density at radius 3 is 2.97 bits per heavy atom. The van der Waals surface area contributed by atoms with Gasteiger partial charge in [-0.25, -0.2) is 4.39 Å². The van der Waals surface area contributed by atoms with E-state index in [-0.39, 0.29) is 12.4 Å². The van der Waals surface area contributed by atoms with Crippen molar-refractivity contribution in [2.45, 2.75) is 38.2 Å². The number of allylic oxidation sites excluding steroid dienone is 1. The Bertz CT molecular complexity index is 1010. The average molecular weight is 410 g/mol. The Kier molecular flexibility index (Phi) is 6.82. The highest BCUT2D eigenvalue weighted by molar-refractivity contribution is 5.94. The zero-order chi connectivity index (χ0) is 20.8. The molecule has 0 unspecified atom stereocenters. The van der Waals surface area contributed by atoms with Crippen molar-refractivity contribution in [2.75, 3.05) is 19.7 Å². The molecule has 5 heteroatoms. The number of nitrogens with one attached hydrogen (secondary N) is 1. The summed E-state index contributed by atoms with van der Waals surface area (Å²) in [6, 6.07) is 12.1. The van der Waals surface area contributed by atoms with Gasteiger partial charge in [-0.1, -0.05) is 23.8 Å². The normalized spacial score (nSPS) is 15.2. The summed E-state index contributed by atoms with van der Waals surface area (Å²) in [6.45, 7) is 1.59. The van der Waals surface area contributed by atoms with E-state index in [0.29, 0.717) is 18.1 Å². The van der Waals surface area contributed by atoms with Crippen LogP contribution in [0.4, 0.5) is 4.39 Å². The van der Waals surface area contributed by atoms with E-state index in [0.717, 1.165) is 29.3 Å². The van der Waals surface area contributed by atoms with Crippen molar-refractivity contribution in [3.63, 3.8) is 0 Å². The molecule has 158 valence electrons. The van der Waals surface area contributed by atoms with Gasteiger partial charge in [-0.15, -0.1) is 0 Å². The summed E-state index contributed by atoms with van der Waals surface area (Å²) in [5, 5.41) is 15.1. The molecule has 0 saturated carbocycles. The van der Waals surface area contributed by atoms with Crippen molar-refractivity contribution in [1.82, 2.24) is 5.32 Å². The molecule has 0 bridgehead atoms. The number of rotatable bonds is 9. The lowest BCUT2D eigenvalue weighted by Gasteiger charge is -2.15. The van der Waals surface area contributed by atoms with Gasteiger partial charge in [-0.2, -0.15) is 0 Å². The number of ether oxygens (including phenoxy) is 1. The Morgan fingerprint density at radius 2 is 2.10 bits per heavy atom. The third-order valence-corrected chi connectivity index (χ3v) is 5.49. The van der Waals surface area contributed by atoms with Gasteiger partial charge in [-0.3, -0.25) is 0 Å². The lowest BCUT2D eigenvalue weighted by molar-refractivity contribution is 0.106. The second-order valence-electron chi connectivity index (χ2n) is 7.85. The molecule has 4 rings (SSSR count). The first kappa shape index (κ1) is 20.6. The van der Waals surface area contributed by atoms with Crippen LogP contribution in [0.25, 0.3) is 22.1 Å². The van der Waals surface area contributed by atoms with Crippen molar-refractivity contribution in [3.05, 3.63) is 66.2 Å². The molecule has 30 heavy (non-hydrogen) atoms. The summed E-state index contributed by atoms with van der Waals surface area (Å²) in [7, 11) is 0. The molecule has 4 nitrogen and oxygen atoms in total. The molecule has 0 saturated heterocycles. The first-order chi connectivity index (χ1) is 14.7. The van der Waals surface area contributed by atoms with Crippen LogP contribution in [0.1, 0.15) is 32.1 Å². The zero-order valence-electron chi connectivity index (χ0n) is 17.1. The molecule has 3 aromatic rings. The van der Waals surface area contributed by atoms with Gasteiger partial charge in [0.25, 0.3) is 0 Å². The van der Waals surface area contributed by atoms with Crippen LogP contribution in [-0.4, -0.2) is 30.9 Å². The molecule has 0 radical (unpaired) electrons. The first-order valence-corrected chi connectivity index (χ1v) is 10.7. The monoisotopic (exact) mass is 409 g/mol. The predicted octanol–water partition coefficient (Wildman–Crippen LogP) is 5.46. The standard InChI is InChI=1S/C25H28FNO3/c26-21-9-10-24-20(13-21)16-30-25(24)19-7-4-8-23(14-19)29-17-22(28)15-27-12-11-18-5-2-1-3-6-18/h4-5,7-10,13-14,16,22,27-28H,1-3,6,11-12,15,17H2/t22-/m1/s1. The van der Waals surface area contributed by atoms with E-state index < -0.39 is 6.10 Å². The number of furan rings is 1. The zero-order valence-corrected chi connectivity index (χ0v) is 17.1. The summed E-state index contributed by atoms with van der Waals surface area (Å²) in [4.78, 5) is 0. The number of aliphatic hydroxyl groups excluding tert-OH is 1. The van der Waals surface area contributed by atoms with E-state index in [4.69, 9.17) is 9.15 Å². The SMILES string of the molecule is O[C@H](CNCCC1=CCCCC1)COc1cccc(-c2occ3cc(F)ccc23)c1. The van der Waals surface area contributed by atoms with Gasteiger partial charge < -0.3 is 19.6 Å². The molecule has 1 atom stereocenters. The third kappa shape index (κ3) is 5.29. The molecule has 1 aliphatic rings. The predicted molar refractivity (Wildman–Crippen MR) is 117 cm³/mol. The highest BCUT2D eigenvalue weighted by Crippen LogP contribution is 2.32. The summed E-state index contributed by atoms with van der Waals surface area (Å²) in [5.74, 6) is 1.05. The quantitative estimate of drug-likeness (QED) is 0.364. The average Bonchev–Trinajstić information content (AvgIpc) is 3.19. The number of hydrogen-bond acceptors (Lipinski definition) is 4. The number of aliphatic hydroxyl groups is 1. The van der Waals surface area contributed by atoms with Gasteiger partial charge in [0.1, 0.15) is 30.0 Å². The number of fused-ring (bicyclic) bond motifs is 1. The number of halogens is 1. The van der Waals surface area contributed by atoms with Gasteiger partial charge in [0.05, 0.1) is 6.26 Å². The number of benzene rings is 2. The van der Waals surface area contributed by atoms with Crippen LogP contribution in [0, 0.1) is 5.82 Å². The second-order valence-corrected chi connectivity index (χ2v) is 7.85. The van der Waals surface area contributed by atoms with Gasteiger partial charge in [0.15, 0.2) is 0 Å². The van der Waals surface area contributed by atoms with Crippen molar-refractivity contribution in [3.8, 4) is 17.1 Å². The highest BCUT2D eigenvalue weighted by atomic mass is 19.1. The van der Waals surface area contributed by atoms with Gasteiger partial charge in [0, 0.05) is 22.9 Å². The van der Waals surface area contributed by atoms with Gasteiger partial charge in [-0.05, 0) is 69.0 Å². The van der Waals surface area contributed by atoms with Crippen molar-refractivity contribution < 1.29 is 18.7 Å². The molecule has 0 spiro atoms. The Hall–Kier alpha value is -2.63. The number of hydrogen-bond donors (Lipinski definition) is 2. The first-order valence-electron chi connectivity index (χ1n) is 10.7. The molecule has 1 heterocycles. The fourth-order valence-corrected chi connectivity index (χ4v) is 3.88. The smallest absolute Gasteiger partial charge is 0.141 e. The second kappa shape index (κ2) is 9.92. The summed E-state index contributed by atoms with van der Waals surface area (Å²) in [6.07, 6.45) is 9.41. The lowest BCUT2D eigenvalue weighted by Crippen LogP contribution is -2.32. The molecule has 0 amide bonds. The van der Waals surface area contributed by atoms with Crippen LogP contribution >= 0.6 is 0 Å². The highest BCUT2D eigenvalue weighted by Gasteiger charge is 2.11. The third-order valence-electron chi connectivity index (χ3n) is 5.49. The molecule has 2 N–H and O–H groups in total. The summed E-state index contributed by atoms with van der Waals surface area (Å²) >= 11 is 0. The molecular formula is C25H28FNO3. The topological polar surface area (TPSA) is 54.6 Å². The van der Waals surface area contributed by atoms with E-state index in [1.54, 1.807) is 12.3 Å². The minimum atomic E-state index is -0.582. The van der Waals surface area contributed by atoms with E-state index in [2.05, 4.69) is 11.4 Å². The van der Waals surface area contributed by atoms with Crippen LogP contribution in [0.15, 0.2) is 64.8 Å². The van der Waals surface area contributed by atoms with Crippen LogP contribution in [0.3, 0.4) is 0 Å². The molecule has 1 aliphatic carbocycles. The molecular weight excluding hydrogens is 381 g/mol. The summed E-state index contributed by atoms with van der Waals surface area (Å²) in [5.41, 5.74) is 2.38. The minimum Gasteiger partial charge on any atom is -0.491 e. The van der Waals surface area contributed by atoms with E-state index in [9.17, 15) is 9.50 Å². The molecule has 0 fully saturated rings. The Balaban J connectivity index is 1.28. The minimum absolute atomic E-state index is 0.212. The maximum absolute atomic E-state index is 13.4. The van der Waals surface area contributed by atoms with Gasteiger partial charge >= 0.3 is 0 Å². The van der Waals surface area contributed by atoms with E-state index >= 15 is 0 Å². The molecule has 0 aliphatic heterocycles. The van der Waals surface area contributed by atoms with Crippen molar-refractivity contribution >= 4 is 10.8 Å². The molecule has 1 aromatic heterocycles. The van der Waals surface area contributed by atoms with Gasteiger partial charge in [0.2, 0.25) is 0 Å². The van der Waals surface area contributed by atoms with Crippen LogP contribution in [0.2, 0.25) is 0 Å². The summed E-state index contributed by atoms with van der Waals surface area (Å²) < 4.78 is 24.8. The van der Waals surface area contributed by atoms with Crippen LogP contribution in [0.5, 0.6) is 5.75 Å². The van der Waals surface area contributed by atoms with E-state index in [1.165, 1.54) is 43.4 Å². The fraction of sp³-hybridized carbons (Fsp3) is 0.360. The maximum Gasteiger partial charge on any atom is 0.141 e.